The fraction of sp³-hybridized carbons (Fsp3) is 0.357. The number of nitriles is 1. The van der Waals surface area contributed by atoms with Crippen LogP contribution in [-0.2, 0) is 13.0 Å². The fourth-order valence-electron chi connectivity index (χ4n) is 1.56. The summed E-state index contributed by atoms with van der Waals surface area (Å²) < 4.78 is 5.64. The lowest BCUT2D eigenvalue weighted by Crippen LogP contribution is -1.98. The van der Waals surface area contributed by atoms with Gasteiger partial charge in [0.15, 0.2) is 5.01 Å². The standard InChI is InChI=1S/C14H16N4OS/c1-2-9-16-14-18-17-13(20-14)10-19-12-5-3-11(4-6-12)7-8-15/h3-6H,2,7,9-10H2,1H3,(H,16,18). The molecule has 1 aromatic heterocycles. The maximum absolute atomic E-state index is 8.60. The maximum atomic E-state index is 8.60. The highest BCUT2D eigenvalue weighted by molar-refractivity contribution is 7.15. The number of nitrogens with zero attached hydrogens (tertiary/aromatic N) is 3. The minimum absolute atomic E-state index is 0.406. The topological polar surface area (TPSA) is 70.8 Å². The van der Waals surface area contributed by atoms with Crippen molar-refractivity contribution in [1.82, 2.24) is 10.2 Å². The molecule has 0 bridgehead atoms. The van der Waals surface area contributed by atoms with Crippen LogP contribution in [0.3, 0.4) is 0 Å². The van der Waals surface area contributed by atoms with E-state index in [-0.39, 0.29) is 0 Å². The SMILES string of the molecule is CCCNc1nnc(COc2ccc(CC#N)cc2)s1. The number of rotatable bonds is 7. The van der Waals surface area contributed by atoms with Crippen molar-refractivity contribution in [3.63, 3.8) is 0 Å². The first-order valence-electron chi connectivity index (χ1n) is 6.46. The van der Waals surface area contributed by atoms with Gasteiger partial charge in [0, 0.05) is 6.54 Å². The van der Waals surface area contributed by atoms with Gasteiger partial charge in [-0.15, -0.1) is 10.2 Å². The van der Waals surface area contributed by atoms with Gasteiger partial charge in [-0.05, 0) is 24.1 Å². The lowest BCUT2D eigenvalue weighted by molar-refractivity contribution is 0.304. The third-order valence-electron chi connectivity index (χ3n) is 2.56. The van der Waals surface area contributed by atoms with E-state index in [1.807, 2.05) is 24.3 Å². The van der Waals surface area contributed by atoms with E-state index in [0.717, 1.165) is 34.4 Å². The van der Waals surface area contributed by atoms with Crippen molar-refractivity contribution in [2.45, 2.75) is 26.4 Å². The van der Waals surface area contributed by atoms with Crippen molar-refractivity contribution >= 4 is 16.5 Å². The van der Waals surface area contributed by atoms with Gasteiger partial charge in [-0.3, -0.25) is 0 Å². The van der Waals surface area contributed by atoms with Crippen LogP contribution in [0.1, 0.15) is 23.9 Å². The van der Waals surface area contributed by atoms with Gasteiger partial charge in [-0.25, -0.2) is 0 Å². The maximum Gasteiger partial charge on any atom is 0.205 e. The summed E-state index contributed by atoms with van der Waals surface area (Å²) in [4.78, 5) is 0. The predicted molar refractivity (Wildman–Crippen MR) is 78.8 cm³/mol. The van der Waals surface area contributed by atoms with Crippen molar-refractivity contribution in [3.8, 4) is 11.8 Å². The molecule has 0 saturated heterocycles. The number of benzene rings is 1. The van der Waals surface area contributed by atoms with E-state index in [4.69, 9.17) is 10.00 Å². The zero-order chi connectivity index (χ0) is 14.2. The second-order valence-corrected chi connectivity index (χ2v) is 5.26. The highest BCUT2D eigenvalue weighted by Crippen LogP contribution is 2.18. The van der Waals surface area contributed by atoms with Gasteiger partial charge in [-0.1, -0.05) is 30.4 Å². The summed E-state index contributed by atoms with van der Waals surface area (Å²) in [6.07, 6.45) is 1.48. The van der Waals surface area contributed by atoms with Crippen molar-refractivity contribution < 1.29 is 4.74 Å². The molecule has 1 aromatic carbocycles. The number of anilines is 1. The summed E-state index contributed by atoms with van der Waals surface area (Å²) in [6.45, 7) is 3.41. The first kappa shape index (κ1) is 14.3. The van der Waals surface area contributed by atoms with Gasteiger partial charge < -0.3 is 10.1 Å². The van der Waals surface area contributed by atoms with Crippen LogP contribution >= 0.6 is 11.3 Å². The Morgan fingerprint density at radius 2 is 2.10 bits per heavy atom. The summed E-state index contributed by atoms with van der Waals surface area (Å²) in [6, 6.07) is 9.64. The van der Waals surface area contributed by atoms with Crippen LogP contribution in [0.2, 0.25) is 0 Å². The molecule has 0 aliphatic carbocycles. The molecule has 5 nitrogen and oxygen atoms in total. The highest BCUT2D eigenvalue weighted by Gasteiger charge is 2.04. The van der Waals surface area contributed by atoms with Crippen molar-refractivity contribution in [1.29, 1.82) is 5.26 Å². The van der Waals surface area contributed by atoms with E-state index in [1.54, 1.807) is 0 Å². The van der Waals surface area contributed by atoms with Gasteiger partial charge in [-0.2, -0.15) is 5.26 Å². The van der Waals surface area contributed by atoms with Gasteiger partial charge in [0.25, 0.3) is 0 Å². The molecule has 1 heterocycles. The Morgan fingerprint density at radius 3 is 2.80 bits per heavy atom. The second-order valence-electron chi connectivity index (χ2n) is 4.20. The molecule has 20 heavy (non-hydrogen) atoms. The van der Waals surface area contributed by atoms with Crippen LogP contribution in [-0.4, -0.2) is 16.7 Å². The molecule has 0 saturated carbocycles. The van der Waals surface area contributed by atoms with E-state index in [0.29, 0.717) is 13.0 Å². The lowest BCUT2D eigenvalue weighted by atomic mass is 10.2. The molecule has 1 N–H and O–H groups in total. The largest absolute Gasteiger partial charge is 0.486 e. The Hall–Kier alpha value is -2.13. The normalized spacial score (nSPS) is 10.0. The molecule has 0 amide bonds. The smallest absolute Gasteiger partial charge is 0.205 e. The molecular formula is C14H16N4OS. The number of ether oxygens (including phenoxy) is 1. The molecule has 0 atom stereocenters. The van der Waals surface area contributed by atoms with E-state index < -0.39 is 0 Å². The minimum atomic E-state index is 0.406. The fourth-order valence-corrected chi connectivity index (χ4v) is 2.23. The lowest BCUT2D eigenvalue weighted by Gasteiger charge is -2.03. The molecule has 104 valence electrons. The molecule has 6 heteroatoms. The summed E-state index contributed by atoms with van der Waals surface area (Å²) in [7, 11) is 0. The Balaban J connectivity index is 1.85. The van der Waals surface area contributed by atoms with Crippen molar-refractivity contribution in [2.24, 2.45) is 0 Å². The summed E-state index contributed by atoms with van der Waals surface area (Å²) in [5.41, 5.74) is 0.988. The zero-order valence-corrected chi connectivity index (χ0v) is 12.1. The van der Waals surface area contributed by atoms with Crippen LogP contribution in [0.15, 0.2) is 24.3 Å². The summed E-state index contributed by atoms with van der Waals surface area (Å²) >= 11 is 1.50. The number of nitrogens with one attached hydrogen (secondary N) is 1. The van der Waals surface area contributed by atoms with Gasteiger partial charge in [0.05, 0.1) is 12.5 Å². The highest BCUT2D eigenvalue weighted by atomic mass is 32.1. The Kier molecular flexibility index (Phi) is 5.33. The Bertz CT molecular complexity index is 574. The summed E-state index contributed by atoms with van der Waals surface area (Å²) in [5, 5.41) is 21.6. The number of hydrogen-bond donors (Lipinski definition) is 1. The number of hydrogen-bond acceptors (Lipinski definition) is 6. The molecule has 0 fully saturated rings. The number of aromatic nitrogens is 2. The average Bonchev–Trinajstić information content (AvgIpc) is 2.93. The van der Waals surface area contributed by atoms with Crippen molar-refractivity contribution in [2.75, 3.05) is 11.9 Å². The molecule has 2 rings (SSSR count). The van der Waals surface area contributed by atoms with E-state index >= 15 is 0 Å². The van der Waals surface area contributed by atoms with E-state index in [1.165, 1.54) is 11.3 Å². The van der Waals surface area contributed by atoms with Crippen LogP contribution < -0.4 is 10.1 Å². The first-order valence-corrected chi connectivity index (χ1v) is 7.28. The predicted octanol–water partition coefficient (Wildman–Crippen LogP) is 3.01. The molecule has 0 spiro atoms. The quantitative estimate of drug-likeness (QED) is 0.848. The monoisotopic (exact) mass is 288 g/mol. The van der Waals surface area contributed by atoms with Crippen molar-refractivity contribution in [3.05, 3.63) is 34.8 Å². The molecule has 0 radical (unpaired) electrons. The third-order valence-corrected chi connectivity index (χ3v) is 3.42. The Morgan fingerprint density at radius 1 is 1.30 bits per heavy atom. The van der Waals surface area contributed by atoms with E-state index in [2.05, 4.69) is 28.5 Å². The van der Waals surface area contributed by atoms with Crippen LogP contribution in [0.25, 0.3) is 0 Å². The molecule has 0 aliphatic heterocycles. The third kappa shape index (κ3) is 4.21. The Labute approximate surface area is 122 Å². The van der Waals surface area contributed by atoms with Gasteiger partial charge in [0.1, 0.15) is 12.4 Å². The van der Waals surface area contributed by atoms with Crippen LogP contribution in [0.5, 0.6) is 5.75 Å². The second kappa shape index (κ2) is 7.46. The molecular weight excluding hydrogens is 272 g/mol. The molecule has 0 aliphatic rings. The van der Waals surface area contributed by atoms with E-state index in [9.17, 15) is 0 Å². The first-order chi connectivity index (χ1) is 9.81. The molecule has 2 aromatic rings. The van der Waals surface area contributed by atoms with Crippen LogP contribution in [0, 0.1) is 11.3 Å². The summed E-state index contributed by atoms with van der Waals surface area (Å²) in [5.74, 6) is 0.768. The zero-order valence-electron chi connectivity index (χ0n) is 11.3. The van der Waals surface area contributed by atoms with Gasteiger partial charge >= 0.3 is 0 Å². The average molecular weight is 288 g/mol. The minimum Gasteiger partial charge on any atom is -0.486 e. The van der Waals surface area contributed by atoms with Gasteiger partial charge in [0.2, 0.25) is 5.13 Å². The van der Waals surface area contributed by atoms with Crippen LogP contribution in [0.4, 0.5) is 5.13 Å². The molecule has 0 unspecified atom stereocenters.